The molecule has 0 bridgehead atoms. The molecule has 0 spiro atoms. The van der Waals surface area contributed by atoms with Gasteiger partial charge in [-0.25, -0.2) is 18.7 Å². The van der Waals surface area contributed by atoms with E-state index in [1.54, 1.807) is 12.1 Å². The van der Waals surface area contributed by atoms with E-state index in [0.29, 0.717) is 12.2 Å². The lowest BCUT2D eigenvalue weighted by Gasteiger charge is -2.14. The lowest BCUT2D eigenvalue weighted by Crippen LogP contribution is -2.24. The highest BCUT2D eigenvalue weighted by Gasteiger charge is 2.20. The maximum atomic E-state index is 13.7. The van der Waals surface area contributed by atoms with Gasteiger partial charge in [-0.2, -0.15) is 0 Å². The molecular weight excluding hydrogens is 370 g/mol. The Bertz CT molecular complexity index is 676. The molecule has 2 rings (SSSR count). The molecule has 160 valence electrons. The topological polar surface area (TPSA) is 35.0 Å². The number of aryl methyl sites for hydroxylation is 1. The van der Waals surface area contributed by atoms with Crippen LogP contribution in [0.25, 0.3) is 11.1 Å². The first-order chi connectivity index (χ1) is 14.1. The summed E-state index contributed by atoms with van der Waals surface area (Å²) in [4.78, 5) is 8.95. The SMILES string of the molecule is CCCCCCCCc1ncc(-c2ccc(OC[C@@H](F)[C@H](F)CCC)cc2)cn1. The van der Waals surface area contributed by atoms with Gasteiger partial charge in [-0.1, -0.05) is 64.5 Å². The molecule has 0 aliphatic rings. The maximum Gasteiger partial charge on any atom is 0.165 e. The van der Waals surface area contributed by atoms with Crippen molar-refractivity contribution in [1.82, 2.24) is 9.97 Å². The van der Waals surface area contributed by atoms with E-state index in [2.05, 4.69) is 16.9 Å². The van der Waals surface area contributed by atoms with Crippen molar-refractivity contribution in [3.8, 4) is 16.9 Å². The number of benzene rings is 1. The van der Waals surface area contributed by atoms with E-state index in [9.17, 15) is 8.78 Å². The van der Waals surface area contributed by atoms with Crippen LogP contribution in [0.4, 0.5) is 8.78 Å². The highest BCUT2D eigenvalue weighted by atomic mass is 19.2. The molecule has 1 aromatic heterocycles. The molecule has 0 N–H and O–H groups in total. The maximum absolute atomic E-state index is 13.7. The van der Waals surface area contributed by atoms with Crippen LogP contribution in [-0.2, 0) is 6.42 Å². The zero-order chi connectivity index (χ0) is 20.9. The molecule has 29 heavy (non-hydrogen) atoms. The van der Waals surface area contributed by atoms with Crippen molar-refractivity contribution in [3.05, 3.63) is 42.5 Å². The Morgan fingerprint density at radius 3 is 2.10 bits per heavy atom. The summed E-state index contributed by atoms with van der Waals surface area (Å²) in [6, 6.07) is 7.29. The fraction of sp³-hybridized carbons (Fsp3) is 0.583. The van der Waals surface area contributed by atoms with Crippen LogP contribution in [0.5, 0.6) is 5.75 Å². The van der Waals surface area contributed by atoms with E-state index in [4.69, 9.17) is 4.74 Å². The fourth-order valence-corrected chi connectivity index (χ4v) is 3.18. The molecule has 1 aromatic carbocycles. The van der Waals surface area contributed by atoms with Crippen LogP contribution in [-0.4, -0.2) is 28.9 Å². The first-order valence-electron chi connectivity index (χ1n) is 11.0. The van der Waals surface area contributed by atoms with Gasteiger partial charge in [0.15, 0.2) is 6.17 Å². The first-order valence-corrected chi connectivity index (χ1v) is 11.0. The van der Waals surface area contributed by atoms with Crippen molar-refractivity contribution in [2.24, 2.45) is 0 Å². The molecule has 0 fully saturated rings. The third-order valence-electron chi connectivity index (χ3n) is 5.01. The summed E-state index contributed by atoms with van der Waals surface area (Å²) in [6.07, 6.45) is 9.92. The number of hydrogen-bond donors (Lipinski definition) is 0. The second-order valence-corrected chi connectivity index (χ2v) is 7.56. The minimum absolute atomic E-state index is 0.221. The van der Waals surface area contributed by atoms with Crippen molar-refractivity contribution in [1.29, 1.82) is 0 Å². The predicted molar refractivity (Wildman–Crippen MR) is 115 cm³/mol. The van der Waals surface area contributed by atoms with E-state index in [1.165, 1.54) is 32.1 Å². The van der Waals surface area contributed by atoms with Crippen LogP contribution in [0.1, 0.15) is 71.0 Å². The van der Waals surface area contributed by atoms with Gasteiger partial charge >= 0.3 is 0 Å². The Kier molecular flexibility index (Phi) is 10.6. The summed E-state index contributed by atoms with van der Waals surface area (Å²) < 4.78 is 32.6. The van der Waals surface area contributed by atoms with Crippen molar-refractivity contribution >= 4 is 0 Å². The summed E-state index contributed by atoms with van der Waals surface area (Å²) in [5.74, 6) is 1.41. The number of nitrogens with zero attached hydrogens (tertiary/aromatic N) is 2. The molecule has 5 heteroatoms. The van der Waals surface area contributed by atoms with Gasteiger partial charge in [-0.15, -0.1) is 0 Å². The summed E-state index contributed by atoms with van der Waals surface area (Å²) in [5.41, 5.74) is 1.90. The van der Waals surface area contributed by atoms with Crippen molar-refractivity contribution in [2.45, 2.75) is 84.0 Å². The summed E-state index contributed by atoms with van der Waals surface area (Å²) >= 11 is 0. The smallest absolute Gasteiger partial charge is 0.165 e. The Hall–Kier alpha value is -2.04. The molecule has 2 aromatic rings. The quantitative estimate of drug-likeness (QED) is 0.321. The molecule has 0 aliphatic heterocycles. The monoisotopic (exact) mass is 404 g/mol. The minimum atomic E-state index is -1.60. The van der Waals surface area contributed by atoms with Gasteiger partial charge in [0.2, 0.25) is 0 Å². The van der Waals surface area contributed by atoms with E-state index in [1.807, 2.05) is 31.5 Å². The van der Waals surface area contributed by atoms with E-state index >= 15 is 0 Å². The second kappa shape index (κ2) is 13.2. The van der Waals surface area contributed by atoms with Gasteiger partial charge < -0.3 is 4.74 Å². The Morgan fingerprint density at radius 2 is 1.45 bits per heavy atom. The Labute approximate surface area is 173 Å². The Morgan fingerprint density at radius 1 is 0.793 bits per heavy atom. The molecule has 0 saturated carbocycles. The first kappa shape index (κ1) is 23.2. The summed E-state index contributed by atoms with van der Waals surface area (Å²) in [7, 11) is 0. The van der Waals surface area contributed by atoms with Crippen molar-refractivity contribution in [3.63, 3.8) is 0 Å². The van der Waals surface area contributed by atoms with E-state index in [0.717, 1.165) is 29.8 Å². The lowest BCUT2D eigenvalue weighted by atomic mass is 10.1. The fourth-order valence-electron chi connectivity index (χ4n) is 3.18. The predicted octanol–water partition coefficient (Wildman–Crippen LogP) is 6.90. The molecule has 2 atom stereocenters. The van der Waals surface area contributed by atoms with Crippen LogP contribution in [0.3, 0.4) is 0 Å². The summed E-state index contributed by atoms with van der Waals surface area (Å²) in [5, 5.41) is 0. The average molecular weight is 405 g/mol. The van der Waals surface area contributed by atoms with Gasteiger partial charge in [0.1, 0.15) is 24.4 Å². The summed E-state index contributed by atoms with van der Waals surface area (Å²) in [6.45, 7) is 3.80. The van der Waals surface area contributed by atoms with E-state index in [-0.39, 0.29) is 13.0 Å². The van der Waals surface area contributed by atoms with Gasteiger partial charge in [-0.05, 0) is 30.5 Å². The standard InChI is InChI=1S/C24H34F2N2O/c1-3-5-6-7-8-9-11-24-27-16-20(17-28-24)19-12-14-21(15-13-19)29-18-23(26)22(25)10-4-2/h12-17,22-23H,3-11,18H2,1-2H3/t22-,23-/m1/s1. The van der Waals surface area contributed by atoms with Crippen LogP contribution in [0, 0.1) is 0 Å². The average Bonchev–Trinajstić information content (AvgIpc) is 2.75. The number of alkyl halides is 2. The van der Waals surface area contributed by atoms with Gasteiger partial charge in [-0.3, -0.25) is 0 Å². The molecule has 0 radical (unpaired) electrons. The minimum Gasteiger partial charge on any atom is -0.490 e. The van der Waals surface area contributed by atoms with Crippen molar-refractivity contribution in [2.75, 3.05) is 6.61 Å². The number of aromatic nitrogens is 2. The molecule has 0 aliphatic carbocycles. The van der Waals surface area contributed by atoms with Crippen molar-refractivity contribution < 1.29 is 13.5 Å². The number of halogens is 2. The van der Waals surface area contributed by atoms with Crippen LogP contribution >= 0.6 is 0 Å². The number of ether oxygens (including phenoxy) is 1. The van der Waals surface area contributed by atoms with Gasteiger partial charge in [0, 0.05) is 24.4 Å². The largest absolute Gasteiger partial charge is 0.490 e. The van der Waals surface area contributed by atoms with Crippen LogP contribution in [0.2, 0.25) is 0 Å². The molecule has 0 amide bonds. The highest BCUT2D eigenvalue weighted by molar-refractivity contribution is 5.62. The van der Waals surface area contributed by atoms with Gasteiger partial charge in [0.25, 0.3) is 0 Å². The highest BCUT2D eigenvalue weighted by Crippen LogP contribution is 2.22. The third-order valence-corrected chi connectivity index (χ3v) is 5.01. The molecule has 1 heterocycles. The molecule has 0 unspecified atom stereocenters. The third kappa shape index (κ3) is 8.46. The van der Waals surface area contributed by atoms with E-state index < -0.39 is 12.3 Å². The normalized spacial score (nSPS) is 13.2. The lowest BCUT2D eigenvalue weighted by molar-refractivity contribution is 0.103. The zero-order valence-corrected chi connectivity index (χ0v) is 17.7. The van der Waals surface area contributed by atoms with Crippen LogP contribution in [0.15, 0.2) is 36.7 Å². The number of hydrogen-bond acceptors (Lipinski definition) is 3. The van der Waals surface area contributed by atoms with Gasteiger partial charge in [0.05, 0.1) is 0 Å². The van der Waals surface area contributed by atoms with Crippen LogP contribution < -0.4 is 4.74 Å². The molecule has 3 nitrogen and oxygen atoms in total. The zero-order valence-electron chi connectivity index (χ0n) is 17.7. The second-order valence-electron chi connectivity index (χ2n) is 7.56. The number of rotatable bonds is 14. The molecular formula is C24H34F2N2O. The number of unbranched alkanes of at least 4 members (excludes halogenated alkanes) is 5. The molecule has 0 saturated heterocycles. The Balaban J connectivity index is 1.79.